The van der Waals surface area contributed by atoms with Gasteiger partial charge in [-0.2, -0.15) is 0 Å². The van der Waals surface area contributed by atoms with Crippen molar-refractivity contribution in [1.29, 1.82) is 0 Å². The average molecular weight is 317 g/mol. The van der Waals surface area contributed by atoms with Gasteiger partial charge in [0.25, 0.3) is 5.91 Å². The summed E-state index contributed by atoms with van der Waals surface area (Å²) in [5, 5.41) is 4.08. The molecule has 3 rings (SSSR count). The molecule has 0 radical (unpaired) electrons. The monoisotopic (exact) mass is 317 g/mol. The molecule has 1 aliphatic rings. The first-order valence-electron chi connectivity index (χ1n) is 7.98. The van der Waals surface area contributed by atoms with E-state index in [1.807, 2.05) is 36.0 Å². The van der Waals surface area contributed by atoms with Gasteiger partial charge < -0.3 is 9.88 Å². The highest BCUT2D eigenvalue weighted by atomic mass is 32.1. The number of nitrogens with one attached hydrogen (secondary N) is 1. The lowest BCUT2D eigenvalue weighted by atomic mass is 9.78. The fourth-order valence-corrected chi connectivity index (χ4v) is 4.12. The summed E-state index contributed by atoms with van der Waals surface area (Å²) < 4.78 is 1.94. The van der Waals surface area contributed by atoms with Gasteiger partial charge in [0, 0.05) is 18.4 Å². The molecule has 2 heterocycles. The predicted octanol–water partition coefficient (Wildman–Crippen LogP) is 3.80. The first-order valence-corrected chi connectivity index (χ1v) is 8.79. The van der Waals surface area contributed by atoms with E-state index in [0.29, 0.717) is 11.8 Å². The number of amides is 1. The molecule has 0 spiro atoms. The molecular weight excluding hydrogens is 294 g/mol. The first-order chi connectivity index (χ1) is 10.6. The lowest BCUT2D eigenvalue weighted by molar-refractivity contribution is 0.0894. The van der Waals surface area contributed by atoms with Crippen LogP contribution in [0.25, 0.3) is 5.13 Å². The largest absolute Gasteiger partial charge is 0.348 e. The van der Waals surface area contributed by atoms with Gasteiger partial charge in [-0.3, -0.25) is 4.79 Å². The number of aryl methyl sites for hydroxylation is 1. The van der Waals surface area contributed by atoms with Crippen molar-refractivity contribution < 1.29 is 4.79 Å². The molecule has 22 heavy (non-hydrogen) atoms. The molecule has 1 saturated carbocycles. The Balaban J connectivity index is 1.75. The van der Waals surface area contributed by atoms with Gasteiger partial charge in [-0.05, 0) is 37.3 Å². The van der Waals surface area contributed by atoms with Gasteiger partial charge >= 0.3 is 0 Å². The van der Waals surface area contributed by atoms with Crippen LogP contribution >= 0.6 is 11.3 Å². The lowest BCUT2D eigenvalue weighted by Gasteiger charge is -2.34. The Morgan fingerprint density at radius 3 is 2.77 bits per heavy atom. The molecule has 0 aromatic carbocycles. The van der Waals surface area contributed by atoms with Gasteiger partial charge in [-0.1, -0.05) is 38.0 Å². The molecule has 1 N–H and O–H groups in total. The van der Waals surface area contributed by atoms with E-state index in [-0.39, 0.29) is 11.9 Å². The number of carbonyl (C=O) groups excluding carboxylic acids is 1. The van der Waals surface area contributed by atoms with Crippen molar-refractivity contribution >= 4 is 17.2 Å². The molecule has 1 fully saturated rings. The zero-order valence-corrected chi connectivity index (χ0v) is 14.2. The van der Waals surface area contributed by atoms with Gasteiger partial charge in [0.05, 0.1) is 5.69 Å². The van der Waals surface area contributed by atoms with Crippen molar-refractivity contribution in [2.24, 2.45) is 11.8 Å². The van der Waals surface area contributed by atoms with Crippen LogP contribution in [0.1, 0.15) is 48.5 Å². The van der Waals surface area contributed by atoms with E-state index < -0.39 is 0 Å². The van der Waals surface area contributed by atoms with E-state index in [4.69, 9.17) is 0 Å². The SMILES string of the molecule is Cc1nc(-n2cccc2)sc1C(=O)N[C@@H]1CCC[C@@H](C)[C@H]1C. The number of thiazole rings is 1. The molecular formula is C17H23N3OS. The van der Waals surface area contributed by atoms with Crippen LogP contribution in [0.15, 0.2) is 24.5 Å². The number of hydrogen-bond acceptors (Lipinski definition) is 3. The van der Waals surface area contributed by atoms with E-state index in [2.05, 4.69) is 24.1 Å². The van der Waals surface area contributed by atoms with E-state index in [0.717, 1.165) is 22.1 Å². The molecule has 3 atom stereocenters. The quantitative estimate of drug-likeness (QED) is 0.936. The maximum Gasteiger partial charge on any atom is 0.263 e. The van der Waals surface area contributed by atoms with Crippen LogP contribution in [0.5, 0.6) is 0 Å². The van der Waals surface area contributed by atoms with Crippen LogP contribution < -0.4 is 5.32 Å². The Hall–Kier alpha value is -1.62. The average Bonchev–Trinajstić information content (AvgIpc) is 3.13. The zero-order chi connectivity index (χ0) is 15.7. The maximum atomic E-state index is 12.6. The minimum Gasteiger partial charge on any atom is -0.348 e. The summed E-state index contributed by atoms with van der Waals surface area (Å²) in [6, 6.07) is 4.20. The summed E-state index contributed by atoms with van der Waals surface area (Å²) in [5.74, 6) is 1.24. The summed E-state index contributed by atoms with van der Waals surface area (Å²) in [5.41, 5.74) is 0.808. The van der Waals surface area contributed by atoms with Crippen molar-refractivity contribution in [3.63, 3.8) is 0 Å². The van der Waals surface area contributed by atoms with Gasteiger partial charge in [0.1, 0.15) is 4.88 Å². The second kappa shape index (κ2) is 6.24. The van der Waals surface area contributed by atoms with E-state index in [9.17, 15) is 4.79 Å². The summed E-state index contributed by atoms with van der Waals surface area (Å²) in [6.45, 7) is 6.44. The van der Waals surface area contributed by atoms with E-state index in [1.165, 1.54) is 24.2 Å². The van der Waals surface area contributed by atoms with Crippen LogP contribution in [-0.2, 0) is 0 Å². The highest BCUT2D eigenvalue weighted by Crippen LogP contribution is 2.30. The molecule has 0 bridgehead atoms. The minimum atomic E-state index is 0.0272. The van der Waals surface area contributed by atoms with Crippen LogP contribution in [0, 0.1) is 18.8 Å². The molecule has 2 aromatic heterocycles. The van der Waals surface area contributed by atoms with Gasteiger partial charge in [-0.15, -0.1) is 0 Å². The van der Waals surface area contributed by atoms with Crippen LogP contribution in [0.4, 0.5) is 0 Å². The standard InChI is InChI=1S/C17H23N3OS/c1-11-7-6-8-14(12(11)2)19-16(21)15-13(3)18-17(22-15)20-9-4-5-10-20/h4-5,9-12,14H,6-8H2,1-3H3,(H,19,21)/t11-,12-,14-/m1/s1. The predicted molar refractivity (Wildman–Crippen MR) is 89.6 cm³/mol. The molecule has 5 heteroatoms. The van der Waals surface area contributed by atoms with Crippen LogP contribution in [0.3, 0.4) is 0 Å². The number of carbonyl (C=O) groups is 1. The second-order valence-electron chi connectivity index (χ2n) is 6.35. The second-order valence-corrected chi connectivity index (χ2v) is 7.33. The molecule has 0 unspecified atom stereocenters. The molecule has 4 nitrogen and oxygen atoms in total. The van der Waals surface area contributed by atoms with Gasteiger partial charge in [0.2, 0.25) is 0 Å². The van der Waals surface area contributed by atoms with Crippen LogP contribution in [0.2, 0.25) is 0 Å². The minimum absolute atomic E-state index is 0.0272. The molecule has 1 amide bonds. The smallest absolute Gasteiger partial charge is 0.263 e. The Bertz CT molecular complexity index is 647. The molecule has 0 aliphatic heterocycles. The fourth-order valence-electron chi connectivity index (χ4n) is 3.18. The number of nitrogens with zero attached hydrogens (tertiary/aromatic N) is 2. The maximum absolute atomic E-state index is 12.6. The molecule has 118 valence electrons. The molecule has 2 aromatic rings. The normalized spacial score (nSPS) is 25.1. The number of rotatable bonds is 3. The van der Waals surface area contributed by atoms with Crippen molar-refractivity contribution in [2.75, 3.05) is 0 Å². The number of aromatic nitrogens is 2. The first kappa shape index (κ1) is 15.3. The Morgan fingerprint density at radius 2 is 2.05 bits per heavy atom. The zero-order valence-electron chi connectivity index (χ0n) is 13.4. The third-order valence-corrected chi connectivity index (χ3v) is 6.01. The lowest BCUT2D eigenvalue weighted by Crippen LogP contribution is -2.43. The van der Waals surface area contributed by atoms with E-state index >= 15 is 0 Å². The topological polar surface area (TPSA) is 46.9 Å². The Labute approximate surface area is 135 Å². The summed E-state index contributed by atoms with van der Waals surface area (Å²) in [7, 11) is 0. The van der Waals surface area contributed by atoms with Gasteiger partial charge in [0.15, 0.2) is 5.13 Å². The Kier molecular flexibility index (Phi) is 4.34. The van der Waals surface area contributed by atoms with Crippen molar-refractivity contribution in [3.8, 4) is 5.13 Å². The summed E-state index contributed by atoms with van der Waals surface area (Å²) in [4.78, 5) is 17.9. The highest BCUT2D eigenvalue weighted by Gasteiger charge is 2.29. The van der Waals surface area contributed by atoms with Crippen molar-refractivity contribution in [2.45, 2.75) is 46.1 Å². The van der Waals surface area contributed by atoms with Crippen molar-refractivity contribution in [3.05, 3.63) is 35.1 Å². The van der Waals surface area contributed by atoms with Gasteiger partial charge in [-0.25, -0.2) is 4.98 Å². The van der Waals surface area contributed by atoms with E-state index in [1.54, 1.807) is 0 Å². The number of hydrogen-bond donors (Lipinski definition) is 1. The highest BCUT2D eigenvalue weighted by molar-refractivity contribution is 7.16. The van der Waals surface area contributed by atoms with Crippen LogP contribution in [-0.4, -0.2) is 21.5 Å². The summed E-state index contributed by atoms with van der Waals surface area (Å²) in [6.07, 6.45) is 7.45. The van der Waals surface area contributed by atoms with Crippen molar-refractivity contribution in [1.82, 2.24) is 14.9 Å². The summed E-state index contributed by atoms with van der Waals surface area (Å²) >= 11 is 1.46. The molecule has 0 saturated heterocycles. The molecule has 1 aliphatic carbocycles. The third kappa shape index (κ3) is 2.95. The fraction of sp³-hybridized carbons (Fsp3) is 0.529. The third-order valence-electron chi connectivity index (χ3n) is 4.84. The Morgan fingerprint density at radius 1 is 1.32 bits per heavy atom.